The summed E-state index contributed by atoms with van der Waals surface area (Å²) in [6.45, 7) is 0. The second kappa shape index (κ2) is 6.07. The number of aromatic nitrogens is 5. The van der Waals surface area contributed by atoms with E-state index in [-0.39, 0.29) is 18.9 Å². The molecule has 27 heavy (non-hydrogen) atoms. The molecule has 0 amide bonds. The third kappa shape index (κ3) is 3.05. The van der Waals surface area contributed by atoms with Crippen molar-refractivity contribution in [1.82, 2.24) is 24.3 Å². The highest BCUT2D eigenvalue weighted by molar-refractivity contribution is 5.83. The van der Waals surface area contributed by atoms with Crippen molar-refractivity contribution in [2.75, 3.05) is 5.32 Å². The van der Waals surface area contributed by atoms with Gasteiger partial charge in [-0.25, -0.2) is 28.7 Å². The van der Waals surface area contributed by atoms with Gasteiger partial charge in [-0.2, -0.15) is 0 Å². The number of halogens is 2. The molecule has 8 heteroatoms. The molecule has 2 aliphatic rings. The third-order valence-electron chi connectivity index (χ3n) is 5.26. The minimum atomic E-state index is -2.53. The van der Waals surface area contributed by atoms with Gasteiger partial charge in [-0.05, 0) is 18.4 Å². The molecule has 0 atom stereocenters. The van der Waals surface area contributed by atoms with E-state index in [0.29, 0.717) is 31.0 Å². The molecule has 0 aliphatic heterocycles. The highest BCUT2D eigenvalue weighted by atomic mass is 19.3. The predicted octanol–water partition coefficient (Wildman–Crippen LogP) is 3.50. The number of anilines is 1. The lowest BCUT2D eigenvalue weighted by Crippen LogP contribution is -2.32. The Hall–Kier alpha value is -2.90. The maximum absolute atomic E-state index is 13.3. The summed E-state index contributed by atoms with van der Waals surface area (Å²) in [5.74, 6) is -1.35. The van der Waals surface area contributed by atoms with Crippen LogP contribution in [0.5, 0.6) is 0 Å². The van der Waals surface area contributed by atoms with Gasteiger partial charge in [0.2, 0.25) is 17.6 Å². The summed E-state index contributed by atoms with van der Waals surface area (Å²) in [4.78, 5) is 17.6. The first-order valence-electron chi connectivity index (χ1n) is 9.07. The molecule has 2 aliphatic carbocycles. The number of fused-ring (bicyclic) bond motifs is 2. The van der Waals surface area contributed by atoms with Crippen molar-refractivity contribution in [3.63, 3.8) is 0 Å². The van der Waals surface area contributed by atoms with E-state index in [9.17, 15) is 8.78 Å². The minimum absolute atomic E-state index is 0.00403. The van der Waals surface area contributed by atoms with Crippen LogP contribution in [0.25, 0.3) is 11.4 Å². The molecule has 0 bridgehead atoms. The van der Waals surface area contributed by atoms with Gasteiger partial charge in [0.15, 0.2) is 0 Å². The van der Waals surface area contributed by atoms with Crippen molar-refractivity contribution in [2.45, 2.75) is 44.1 Å². The standard InChI is InChI=1S/C19H18F2N6/c20-19(21)5-3-13(4-6-19)25-17-23-10-15-14(1-2-16(15)26-17)12-9-24-18-22-7-8-27(18)11-12/h1,7-11,13H,2-6H2,(H,23,25,26). The van der Waals surface area contributed by atoms with Crippen molar-refractivity contribution in [3.8, 4) is 0 Å². The number of hydrogen-bond acceptors (Lipinski definition) is 5. The van der Waals surface area contributed by atoms with Gasteiger partial charge in [0.1, 0.15) is 0 Å². The van der Waals surface area contributed by atoms with Crippen LogP contribution in [0.3, 0.4) is 0 Å². The number of allylic oxidation sites excluding steroid dienone is 1. The summed E-state index contributed by atoms with van der Waals surface area (Å²) >= 11 is 0. The van der Waals surface area contributed by atoms with E-state index < -0.39 is 5.92 Å². The number of nitrogens with zero attached hydrogens (tertiary/aromatic N) is 5. The van der Waals surface area contributed by atoms with Crippen molar-refractivity contribution in [2.24, 2.45) is 0 Å². The molecule has 0 spiro atoms. The number of hydrogen-bond donors (Lipinski definition) is 1. The molecule has 3 heterocycles. The van der Waals surface area contributed by atoms with Crippen LogP contribution in [-0.2, 0) is 6.42 Å². The van der Waals surface area contributed by atoms with E-state index in [2.05, 4.69) is 31.3 Å². The van der Waals surface area contributed by atoms with Gasteiger partial charge in [0.05, 0.1) is 5.69 Å². The zero-order valence-corrected chi connectivity index (χ0v) is 14.6. The smallest absolute Gasteiger partial charge is 0.248 e. The summed E-state index contributed by atoms with van der Waals surface area (Å²) in [7, 11) is 0. The molecule has 1 fully saturated rings. The molecule has 138 valence electrons. The molecule has 0 radical (unpaired) electrons. The first-order valence-corrected chi connectivity index (χ1v) is 9.07. The van der Waals surface area contributed by atoms with Crippen molar-refractivity contribution in [1.29, 1.82) is 0 Å². The molecular formula is C19H18F2N6. The Balaban J connectivity index is 1.35. The first kappa shape index (κ1) is 16.3. The zero-order valence-electron chi connectivity index (χ0n) is 14.6. The average Bonchev–Trinajstić information content (AvgIpc) is 3.29. The van der Waals surface area contributed by atoms with Gasteiger partial charge in [0, 0.05) is 67.4 Å². The second-order valence-electron chi connectivity index (χ2n) is 7.13. The molecule has 1 N–H and O–H groups in total. The topological polar surface area (TPSA) is 68.0 Å². The summed E-state index contributed by atoms with van der Waals surface area (Å²) in [5.41, 5.74) is 3.96. The Bertz CT molecular complexity index is 1030. The first-order chi connectivity index (χ1) is 13.1. The lowest BCUT2D eigenvalue weighted by Gasteiger charge is -2.28. The van der Waals surface area contributed by atoms with E-state index in [1.165, 1.54) is 0 Å². The number of imidazole rings is 1. The molecule has 0 aromatic carbocycles. The Labute approximate surface area is 154 Å². The van der Waals surface area contributed by atoms with Gasteiger partial charge >= 0.3 is 0 Å². The second-order valence-corrected chi connectivity index (χ2v) is 7.13. The SMILES string of the molecule is FC1(F)CCC(Nc2ncc3c(n2)CC=C3c2cnc3nccn3c2)CC1. The summed E-state index contributed by atoms with van der Waals surface area (Å²) in [6, 6.07) is 0.00403. The Morgan fingerprint density at radius 2 is 1.96 bits per heavy atom. The molecular weight excluding hydrogens is 350 g/mol. The number of nitrogens with one attached hydrogen (secondary N) is 1. The minimum Gasteiger partial charge on any atom is -0.351 e. The van der Waals surface area contributed by atoms with Crippen LogP contribution in [0.2, 0.25) is 0 Å². The lowest BCUT2D eigenvalue weighted by molar-refractivity contribution is -0.0361. The molecule has 1 saturated carbocycles. The largest absolute Gasteiger partial charge is 0.351 e. The molecule has 0 saturated heterocycles. The van der Waals surface area contributed by atoms with Crippen LogP contribution in [0.1, 0.15) is 42.5 Å². The van der Waals surface area contributed by atoms with Gasteiger partial charge in [0.25, 0.3) is 0 Å². The summed E-state index contributed by atoms with van der Waals surface area (Å²) in [5, 5.41) is 3.22. The fraction of sp³-hybridized carbons (Fsp3) is 0.368. The molecule has 0 unspecified atom stereocenters. The van der Waals surface area contributed by atoms with Crippen molar-refractivity contribution >= 4 is 17.3 Å². The molecule has 3 aromatic heterocycles. The van der Waals surface area contributed by atoms with Gasteiger partial charge < -0.3 is 5.32 Å². The van der Waals surface area contributed by atoms with Gasteiger partial charge in [-0.15, -0.1) is 0 Å². The lowest BCUT2D eigenvalue weighted by atomic mass is 9.92. The van der Waals surface area contributed by atoms with Crippen LogP contribution in [0, 0.1) is 0 Å². The normalized spacial score (nSPS) is 19.1. The maximum Gasteiger partial charge on any atom is 0.248 e. The Morgan fingerprint density at radius 1 is 1.11 bits per heavy atom. The zero-order chi connectivity index (χ0) is 18.4. The molecule has 5 rings (SSSR count). The van der Waals surface area contributed by atoms with E-state index in [1.54, 1.807) is 18.6 Å². The fourth-order valence-corrected chi connectivity index (χ4v) is 3.77. The summed E-state index contributed by atoms with van der Waals surface area (Å²) in [6.07, 6.45) is 12.7. The Kier molecular flexibility index (Phi) is 3.66. The van der Waals surface area contributed by atoms with Crippen LogP contribution in [0.4, 0.5) is 14.7 Å². The molecule has 6 nitrogen and oxygen atoms in total. The van der Waals surface area contributed by atoms with E-state index >= 15 is 0 Å². The summed E-state index contributed by atoms with van der Waals surface area (Å²) < 4.78 is 28.5. The van der Waals surface area contributed by atoms with Crippen molar-refractivity contribution in [3.05, 3.63) is 53.9 Å². The highest BCUT2D eigenvalue weighted by Crippen LogP contribution is 2.35. The Morgan fingerprint density at radius 3 is 2.81 bits per heavy atom. The van der Waals surface area contributed by atoms with Gasteiger partial charge in [-0.1, -0.05) is 6.08 Å². The average molecular weight is 368 g/mol. The van der Waals surface area contributed by atoms with E-state index in [0.717, 1.165) is 22.4 Å². The number of rotatable bonds is 3. The maximum atomic E-state index is 13.3. The van der Waals surface area contributed by atoms with Crippen LogP contribution >= 0.6 is 0 Å². The van der Waals surface area contributed by atoms with Crippen LogP contribution in [-0.4, -0.2) is 36.3 Å². The fourth-order valence-electron chi connectivity index (χ4n) is 3.77. The molecule has 3 aromatic rings. The van der Waals surface area contributed by atoms with Crippen molar-refractivity contribution < 1.29 is 8.78 Å². The van der Waals surface area contributed by atoms with Crippen LogP contribution < -0.4 is 5.32 Å². The number of alkyl halides is 2. The quantitative estimate of drug-likeness (QED) is 0.766. The van der Waals surface area contributed by atoms with E-state index in [4.69, 9.17) is 0 Å². The van der Waals surface area contributed by atoms with Crippen LogP contribution in [0.15, 0.2) is 37.1 Å². The van der Waals surface area contributed by atoms with E-state index in [1.807, 2.05) is 16.8 Å². The monoisotopic (exact) mass is 368 g/mol. The third-order valence-corrected chi connectivity index (χ3v) is 5.26. The highest BCUT2D eigenvalue weighted by Gasteiger charge is 2.35. The van der Waals surface area contributed by atoms with Gasteiger partial charge in [-0.3, -0.25) is 4.40 Å². The predicted molar refractivity (Wildman–Crippen MR) is 96.6 cm³/mol.